The van der Waals surface area contributed by atoms with Crippen molar-refractivity contribution in [1.82, 2.24) is 14.8 Å². The van der Waals surface area contributed by atoms with Crippen molar-refractivity contribution in [1.29, 1.82) is 0 Å². The van der Waals surface area contributed by atoms with Gasteiger partial charge in [-0.05, 0) is 12.3 Å². The van der Waals surface area contributed by atoms with Crippen molar-refractivity contribution in [3.63, 3.8) is 0 Å². The fourth-order valence-electron chi connectivity index (χ4n) is 1.62. The zero-order valence-electron chi connectivity index (χ0n) is 10.4. The minimum absolute atomic E-state index is 0.0387. The van der Waals surface area contributed by atoms with Crippen molar-refractivity contribution in [2.24, 2.45) is 18.2 Å². The molecule has 0 aliphatic carbocycles. The van der Waals surface area contributed by atoms with Gasteiger partial charge in [-0.15, -0.1) is 5.10 Å². The number of rotatable bonds is 3. The Morgan fingerprint density at radius 3 is 2.38 bits per heavy atom. The van der Waals surface area contributed by atoms with Crippen LogP contribution in [0.1, 0.15) is 27.7 Å². The summed E-state index contributed by atoms with van der Waals surface area (Å²) >= 11 is 1.55. The zero-order valence-corrected chi connectivity index (χ0v) is 11.3. The molecule has 2 atom stereocenters. The lowest BCUT2D eigenvalue weighted by molar-refractivity contribution is 0.363. The average molecular weight is 244 g/mol. The molecule has 1 aromatic rings. The number of thioether (sulfide) groups is 1. The van der Waals surface area contributed by atoms with Gasteiger partial charge in [0.05, 0.1) is 0 Å². The standard InChI is InChI=1S/C10H20N4OS/c1-6(11)7(10(2,3)4)16-9-13-12-8(15)14(9)5/h6-7H,11H2,1-5H3,(H,12,15). The van der Waals surface area contributed by atoms with Gasteiger partial charge < -0.3 is 5.73 Å². The van der Waals surface area contributed by atoms with Gasteiger partial charge in [0.2, 0.25) is 0 Å². The second kappa shape index (κ2) is 4.63. The lowest BCUT2D eigenvalue weighted by atomic mass is 9.88. The molecule has 0 saturated carbocycles. The van der Waals surface area contributed by atoms with E-state index in [1.807, 2.05) is 6.92 Å². The van der Waals surface area contributed by atoms with E-state index in [2.05, 4.69) is 31.0 Å². The first-order chi connectivity index (χ1) is 7.23. The molecule has 0 radical (unpaired) electrons. The molecule has 92 valence electrons. The molecule has 1 aromatic heterocycles. The molecule has 1 rings (SSSR count). The molecule has 1 heterocycles. The first kappa shape index (κ1) is 13.3. The van der Waals surface area contributed by atoms with Crippen molar-refractivity contribution in [2.75, 3.05) is 0 Å². The van der Waals surface area contributed by atoms with Gasteiger partial charge in [0.25, 0.3) is 0 Å². The van der Waals surface area contributed by atoms with Crippen LogP contribution in [0.4, 0.5) is 0 Å². The molecular formula is C10H20N4OS. The van der Waals surface area contributed by atoms with Crippen molar-refractivity contribution in [3.05, 3.63) is 10.5 Å². The highest BCUT2D eigenvalue weighted by Gasteiger charge is 2.30. The highest BCUT2D eigenvalue weighted by Crippen LogP contribution is 2.35. The molecule has 16 heavy (non-hydrogen) atoms. The Bertz CT molecular complexity index is 402. The molecule has 0 aliphatic rings. The van der Waals surface area contributed by atoms with E-state index in [4.69, 9.17) is 5.73 Å². The Labute approximate surface area is 99.8 Å². The number of H-pyrrole nitrogens is 1. The van der Waals surface area contributed by atoms with E-state index in [0.717, 1.165) is 0 Å². The number of nitrogens with one attached hydrogen (secondary N) is 1. The Morgan fingerprint density at radius 1 is 1.50 bits per heavy atom. The molecule has 0 bridgehead atoms. The lowest BCUT2D eigenvalue weighted by Gasteiger charge is -2.32. The van der Waals surface area contributed by atoms with Crippen LogP contribution in [-0.4, -0.2) is 26.1 Å². The highest BCUT2D eigenvalue weighted by molar-refractivity contribution is 7.99. The Morgan fingerprint density at radius 2 is 2.06 bits per heavy atom. The summed E-state index contributed by atoms with van der Waals surface area (Å²) in [5.74, 6) is 0. The summed E-state index contributed by atoms with van der Waals surface area (Å²) in [6.07, 6.45) is 0. The molecule has 0 amide bonds. The summed E-state index contributed by atoms with van der Waals surface area (Å²) in [5, 5.41) is 7.30. The van der Waals surface area contributed by atoms with Crippen LogP contribution in [0.25, 0.3) is 0 Å². The molecule has 0 fully saturated rings. The van der Waals surface area contributed by atoms with E-state index in [1.165, 1.54) is 4.57 Å². The van der Waals surface area contributed by atoms with E-state index >= 15 is 0 Å². The highest BCUT2D eigenvalue weighted by atomic mass is 32.2. The van der Waals surface area contributed by atoms with Gasteiger partial charge in [0, 0.05) is 18.3 Å². The van der Waals surface area contributed by atoms with Crippen LogP contribution in [0.3, 0.4) is 0 Å². The summed E-state index contributed by atoms with van der Waals surface area (Å²) in [4.78, 5) is 11.2. The number of aromatic amines is 1. The van der Waals surface area contributed by atoms with E-state index in [0.29, 0.717) is 5.16 Å². The molecule has 0 aromatic carbocycles. The summed E-state index contributed by atoms with van der Waals surface area (Å²) in [7, 11) is 1.70. The molecule has 0 aliphatic heterocycles. The minimum atomic E-state index is -0.195. The third-order valence-electron chi connectivity index (χ3n) is 2.40. The van der Waals surface area contributed by atoms with Gasteiger partial charge in [-0.3, -0.25) is 4.57 Å². The monoisotopic (exact) mass is 244 g/mol. The first-order valence-electron chi connectivity index (χ1n) is 5.27. The predicted molar refractivity (Wildman–Crippen MR) is 66.6 cm³/mol. The smallest absolute Gasteiger partial charge is 0.327 e. The summed E-state index contributed by atoms with van der Waals surface area (Å²) < 4.78 is 1.51. The van der Waals surface area contributed by atoms with E-state index in [1.54, 1.807) is 18.8 Å². The van der Waals surface area contributed by atoms with Crippen LogP contribution in [0.15, 0.2) is 9.95 Å². The van der Waals surface area contributed by atoms with Crippen molar-refractivity contribution in [2.45, 2.75) is 44.1 Å². The van der Waals surface area contributed by atoms with Crippen molar-refractivity contribution >= 4 is 11.8 Å². The Balaban J connectivity index is 2.93. The number of hydrogen-bond acceptors (Lipinski definition) is 4. The van der Waals surface area contributed by atoms with Gasteiger partial charge in [-0.25, -0.2) is 9.89 Å². The van der Waals surface area contributed by atoms with E-state index in [-0.39, 0.29) is 22.4 Å². The number of hydrogen-bond donors (Lipinski definition) is 2. The SMILES string of the molecule is CC(N)C(Sc1n[nH]c(=O)n1C)C(C)(C)C. The minimum Gasteiger partial charge on any atom is -0.327 e. The third-order valence-corrected chi connectivity index (χ3v) is 4.37. The first-order valence-corrected chi connectivity index (χ1v) is 6.15. The van der Waals surface area contributed by atoms with E-state index in [9.17, 15) is 4.79 Å². The summed E-state index contributed by atoms with van der Waals surface area (Å²) in [6, 6.07) is 0.0387. The van der Waals surface area contributed by atoms with Gasteiger partial charge in [-0.1, -0.05) is 32.5 Å². The van der Waals surface area contributed by atoms with Crippen LogP contribution < -0.4 is 11.4 Å². The van der Waals surface area contributed by atoms with Crippen molar-refractivity contribution < 1.29 is 0 Å². The lowest BCUT2D eigenvalue weighted by Crippen LogP contribution is -2.39. The maximum Gasteiger partial charge on any atom is 0.343 e. The van der Waals surface area contributed by atoms with Gasteiger partial charge in [-0.2, -0.15) is 0 Å². The zero-order chi connectivity index (χ0) is 12.5. The van der Waals surface area contributed by atoms with Crippen LogP contribution in [0.5, 0.6) is 0 Å². The molecule has 0 saturated heterocycles. The Hall–Kier alpha value is -0.750. The quantitative estimate of drug-likeness (QED) is 0.777. The fraction of sp³-hybridized carbons (Fsp3) is 0.800. The molecule has 6 heteroatoms. The average Bonchev–Trinajstić information content (AvgIpc) is 2.42. The molecule has 0 spiro atoms. The molecular weight excluding hydrogens is 224 g/mol. The fourth-order valence-corrected chi connectivity index (χ4v) is 2.76. The van der Waals surface area contributed by atoms with Crippen LogP contribution >= 0.6 is 11.8 Å². The van der Waals surface area contributed by atoms with Crippen LogP contribution in [0, 0.1) is 5.41 Å². The normalized spacial score (nSPS) is 16.1. The largest absolute Gasteiger partial charge is 0.343 e. The molecule has 2 unspecified atom stereocenters. The molecule has 5 nitrogen and oxygen atoms in total. The maximum atomic E-state index is 11.2. The van der Waals surface area contributed by atoms with E-state index < -0.39 is 0 Å². The second-order valence-corrected chi connectivity index (χ2v) is 6.24. The maximum absolute atomic E-state index is 11.2. The predicted octanol–water partition coefficient (Wildman–Crippen LogP) is 0.962. The van der Waals surface area contributed by atoms with Crippen LogP contribution in [-0.2, 0) is 7.05 Å². The van der Waals surface area contributed by atoms with Crippen molar-refractivity contribution in [3.8, 4) is 0 Å². The summed E-state index contributed by atoms with van der Waals surface area (Å²) in [5.41, 5.74) is 5.85. The second-order valence-electron chi connectivity index (χ2n) is 5.13. The Kier molecular flexibility index (Phi) is 3.85. The van der Waals surface area contributed by atoms with Gasteiger partial charge >= 0.3 is 5.69 Å². The number of nitrogens with two attached hydrogens (primary N) is 1. The third kappa shape index (κ3) is 2.89. The topological polar surface area (TPSA) is 76.7 Å². The van der Waals surface area contributed by atoms with Crippen LogP contribution in [0.2, 0.25) is 0 Å². The van der Waals surface area contributed by atoms with Gasteiger partial charge in [0.15, 0.2) is 5.16 Å². The van der Waals surface area contributed by atoms with Gasteiger partial charge in [0.1, 0.15) is 0 Å². The summed E-state index contributed by atoms with van der Waals surface area (Å²) in [6.45, 7) is 8.39. The number of nitrogens with zero attached hydrogens (tertiary/aromatic N) is 2. The number of aromatic nitrogens is 3. The molecule has 3 N–H and O–H groups in total.